The van der Waals surface area contributed by atoms with Crippen LogP contribution in [-0.2, 0) is 17.8 Å². The van der Waals surface area contributed by atoms with Gasteiger partial charge in [-0.1, -0.05) is 6.07 Å². The van der Waals surface area contributed by atoms with Crippen molar-refractivity contribution < 1.29 is 18.3 Å². The highest BCUT2D eigenvalue weighted by Gasteiger charge is 2.11. The second-order valence-corrected chi connectivity index (χ2v) is 6.42. The van der Waals surface area contributed by atoms with Gasteiger partial charge in [-0.3, -0.25) is 0 Å². The van der Waals surface area contributed by atoms with Crippen LogP contribution in [0.2, 0.25) is 5.28 Å². The third-order valence-corrected chi connectivity index (χ3v) is 4.28. The Balaban J connectivity index is 1.41. The molecule has 3 rings (SSSR count). The summed E-state index contributed by atoms with van der Waals surface area (Å²) in [6, 6.07) is 3.52. The molecule has 3 aromatic rings. The lowest BCUT2D eigenvalue weighted by Gasteiger charge is -2.09. The molecule has 0 spiro atoms. The van der Waals surface area contributed by atoms with E-state index < -0.39 is 17.7 Å². The van der Waals surface area contributed by atoms with E-state index in [0.29, 0.717) is 36.2 Å². The number of carbonyl (C=O) groups excluding carboxylic acids is 1. The van der Waals surface area contributed by atoms with Gasteiger partial charge in [0.15, 0.2) is 5.65 Å². The fourth-order valence-electron chi connectivity index (χ4n) is 2.68. The second kappa shape index (κ2) is 8.92. The van der Waals surface area contributed by atoms with Crippen LogP contribution in [0, 0.1) is 18.6 Å². The van der Waals surface area contributed by atoms with E-state index in [4.69, 9.17) is 16.3 Å². The van der Waals surface area contributed by atoms with Crippen molar-refractivity contribution in [2.24, 2.45) is 0 Å². The zero-order valence-electron chi connectivity index (χ0n) is 15.1. The van der Waals surface area contributed by atoms with Crippen molar-refractivity contribution in [1.82, 2.24) is 24.8 Å². The second-order valence-electron chi connectivity index (χ2n) is 6.09. The summed E-state index contributed by atoms with van der Waals surface area (Å²) in [6.45, 7) is 2.33. The summed E-state index contributed by atoms with van der Waals surface area (Å²) in [5.74, 6) is -1.43. The molecule has 0 unspecified atom stereocenters. The van der Waals surface area contributed by atoms with E-state index in [1.54, 1.807) is 6.33 Å². The van der Waals surface area contributed by atoms with Gasteiger partial charge in [0.05, 0.1) is 25.2 Å². The van der Waals surface area contributed by atoms with Gasteiger partial charge in [0.25, 0.3) is 0 Å². The third kappa shape index (κ3) is 4.72. The Hall–Kier alpha value is -2.81. The van der Waals surface area contributed by atoms with Gasteiger partial charge in [-0.05, 0) is 43.5 Å². The maximum Gasteiger partial charge on any atom is 0.407 e. The largest absolute Gasteiger partial charge is 0.450 e. The number of amides is 1. The molecule has 148 valence electrons. The number of benzene rings is 1. The van der Waals surface area contributed by atoms with Crippen LogP contribution in [0.3, 0.4) is 0 Å². The number of nitrogens with zero attached hydrogens (tertiary/aromatic N) is 4. The molecule has 0 bridgehead atoms. The minimum Gasteiger partial charge on any atom is -0.450 e. The van der Waals surface area contributed by atoms with Crippen molar-refractivity contribution in [2.45, 2.75) is 32.9 Å². The Morgan fingerprint density at radius 3 is 2.75 bits per heavy atom. The molecule has 2 aromatic heterocycles. The Kier molecular flexibility index (Phi) is 6.35. The standard InChI is InChI=1S/C18H18ClF2N5O2/c1-11-15-16(25-17(19)24-11)26(10-23-15)7-2-3-8-28-18(27)22-9-12-13(20)5-4-6-14(12)21/h4-6,10H,2-3,7-9H2,1H3,(H,22,27). The number of halogens is 3. The van der Waals surface area contributed by atoms with E-state index >= 15 is 0 Å². The molecular weight excluding hydrogens is 392 g/mol. The van der Waals surface area contributed by atoms with Gasteiger partial charge in [0.2, 0.25) is 5.28 Å². The molecule has 0 aliphatic carbocycles. The Morgan fingerprint density at radius 1 is 1.25 bits per heavy atom. The Morgan fingerprint density at radius 2 is 2.00 bits per heavy atom. The molecular formula is C18H18ClF2N5O2. The highest BCUT2D eigenvalue weighted by molar-refractivity contribution is 6.28. The molecule has 0 fully saturated rings. The topological polar surface area (TPSA) is 81.9 Å². The highest BCUT2D eigenvalue weighted by atomic mass is 35.5. The fourth-order valence-corrected chi connectivity index (χ4v) is 2.88. The third-order valence-electron chi connectivity index (χ3n) is 4.11. The van der Waals surface area contributed by atoms with Gasteiger partial charge >= 0.3 is 6.09 Å². The molecule has 0 atom stereocenters. The summed E-state index contributed by atoms with van der Waals surface area (Å²) in [5.41, 5.74) is 1.85. The van der Waals surface area contributed by atoms with Crippen molar-refractivity contribution in [2.75, 3.05) is 6.61 Å². The number of unbranched alkanes of at least 4 members (excludes halogenated alkanes) is 1. The van der Waals surface area contributed by atoms with Gasteiger partial charge < -0.3 is 14.6 Å². The number of alkyl carbamates (subject to hydrolysis) is 1. The van der Waals surface area contributed by atoms with Crippen LogP contribution < -0.4 is 5.32 Å². The number of ether oxygens (including phenoxy) is 1. The Labute approximate surface area is 164 Å². The average Bonchev–Trinajstić information content (AvgIpc) is 3.04. The highest BCUT2D eigenvalue weighted by Crippen LogP contribution is 2.16. The van der Waals surface area contributed by atoms with Crippen LogP contribution in [0.1, 0.15) is 24.1 Å². The first kappa shape index (κ1) is 19.9. The van der Waals surface area contributed by atoms with Crippen LogP contribution in [0.4, 0.5) is 13.6 Å². The number of imidazole rings is 1. The summed E-state index contributed by atoms with van der Waals surface area (Å²) < 4.78 is 33.9. The molecule has 1 aromatic carbocycles. The zero-order chi connectivity index (χ0) is 20.1. The molecule has 1 N–H and O–H groups in total. The van der Waals surface area contributed by atoms with Crippen molar-refractivity contribution in [3.05, 3.63) is 52.7 Å². The molecule has 7 nitrogen and oxygen atoms in total. The fraction of sp³-hybridized carbons (Fsp3) is 0.333. The number of nitrogens with one attached hydrogen (secondary N) is 1. The van der Waals surface area contributed by atoms with Crippen molar-refractivity contribution in [3.8, 4) is 0 Å². The van der Waals surface area contributed by atoms with Crippen LogP contribution in [-0.4, -0.2) is 32.2 Å². The van der Waals surface area contributed by atoms with E-state index in [2.05, 4.69) is 20.3 Å². The van der Waals surface area contributed by atoms with Crippen LogP contribution in [0.15, 0.2) is 24.5 Å². The number of fused-ring (bicyclic) bond motifs is 1. The summed E-state index contributed by atoms with van der Waals surface area (Å²) in [7, 11) is 0. The first-order valence-electron chi connectivity index (χ1n) is 8.64. The molecule has 0 saturated heterocycles. The van der Waals surface area contributed by atoms with E-state index in [-0.39, 0.29) is 24.0 Å². The molecule has 0 aliphatic heterocycles. The SMILES string of the molecule is Cc1nc(Cl)nc2c1ncn2CCCCOC(=O)NCc1c(F)cccc1F. The zero-order valence-corrected chi connectivity index (χ0v) is 15.8. The summed E-state index contributed by atoms with van der Waals surface area (Å²) in [6.07, 6.45) is 2.24. The van der Waals surface area contributed by atoms with E-state index in [1.165, 1.54) is 6.07 Å². The van der Waals surface area contributed by atoms with Gasteiger partial charge in [0.1, 0.15) is 17.2 Å². The average molecular weight is 410 g/mol. The van der Waals surface area contributed by atoms with Crippen molar-refractivity contribution in [3.63, 3.8) is 0 Å². The smallest absolute Gasteiger partial charge is 0.407 e. The summed E-state index contributed by atoms with van der Waals surface area (Å²) in [5, 5.41) is 2.50. The predicted molar refractivity (Wildman–Crippen MR) is 98.8 cm³/mol. The predicted octanol–water partition coefficient (Wildman–Crippen LogP) is 3.77. The maximum absolute atomic E-state index is 13.5. The molecule has 28 heavy (non-hydrogen) atoms. The number of hydrogen-bond donors (Lipinski definition) is 1. The lowest BCUT2D eigenvalue weighted by molar-refractivity contribution is 0.143. The van der Waals surface area contributed by atoms with E-state index in [9.17, 15) is 13.6 Å². The number of aryl methyl sites for hydroxylation is 2. The lowest BCUT2D eigenvalue weighted by atomic mass is 10.2. The molecule has 0 saturated carbocycles. The number of rotatable bonds is 7. The molecule has 1 amide bonds. The van der Waals surface area contributed by atoms with E-state index in [0.717, 1.165) is 12.1 Å². The van der Waals surface area contributed by atoms with Gasteiger partial charge in [0, 0.05) is 12.1 Å². The lowest BCUT2D eigenvalue weighted by Crippen LogP contribution is -2.25. The first-order valence-corrected chi connectivity index (χ1v) is 9.02. The molecule has 0 aliphatic rings. The monoisotopic (exact) mass is 409 g/mol. The van der Waals surface area contributed by atoms with Gasteiger partial charge in [-0.25, -0.2) is 23.5 Å². The van der Waals surface area contributed by atoms with Gasteiger partial charge in [-0.2, -0.15) is 4.98 Å². The minimum absolute atomic E-state index is 0.165. The van der Waals surface area contributed by atoms with Crippen molar-refractivity contribution >= 4 is 28.9 Å². The number of aromatic nitrogens is 4. The number of hydrogen-bond acceptors (Lipinski definition) is 5. The maximum atomic E-state index is 13.5. The quantitative estimate of drug-likeness (QED) is 0.474. The number of carbonyl (C=O) groups is 1. The summed E-state index contributed by atoms with van der Waals surface area (Å²) >= 11 is 5.89. The molecule has 10 heteroatoms. The van der Waals surface area contributed by atoms with Gasteiger partial charge in [-0.15, -0.1) is 0 Å². The summed E-state index contributed by atoms with van der Waals surface area (Å²) in [4.78, 5) is 24.2. The normalized spacial score (nSPS) is 11.0. The minimum atomic E-state index is -0.731. The Bertz CT molecular complexity index is 975. The van der Waals surface area contributed by atoms with Crippen molar-refractivity contribution in [1.29, 1.82) is 0 Å². The van der Waals surface area contributed by atoms with Crippen LogP contribution in [0.5, 0.6) is 0 Å². The molecule has 0 radical (unpaired) electrons. The van der Waals surface area contributed by atoms with Crippen LogP contribution in [0.25, 0.3) is 11.2 Å². The molecule has 2 heterocycles. The van der Waals surface area contributed by atoms with E-state index in [1.807, 2.05) is 11.5 Å². The first-order chi connectivity index (χ1) is 13.5. The van der Waals surface area contributed by atoms with Crippen LogP contribution >= 0.6 is 11.6 Å².